The van der Waals surface area contributed by atoms with E-state index in [9.17, 15) is 31.8 Å². The predicted molar refractivity (Wildman–Crippen MR) is 267 cm³/mol. The fourth-order valence-electron chi connectivity index (χ4n) is 8.41. The number of hydrogen-bond donors (Lipinski definition) is 4. The number of rotatable bonds is 30. The first kappa shape index (κ1) is 52.9. The van der Waals surface area contributed by atoms with E-state index in [1.807, 2.05) is 4.90 Å². The van der Waals surface area contributed by atoms with E-state index in [1.54, 1.807) is 45.0 Å². The molecule has 4 rings (SSSR count). The molecule has 0 bridgehead atoms. The lowest BCUT2D eigenvalue weighted by Gasteiger charge is -2.26. The summed E-state index contributed by atoms with van der Waals surface area (Å²) < 4.78 is 58.3. The number of fused-ring (bicyclic) bond motifs is 1. The second-order valence-corrected chi connectivity index (χ2v) is 21.0. The molecule has 0 saturated heterocycles. The van der Waals surface area contributed by atoms with Crippen LogP contribution in [0.4, 0.5) is 22.7 Å². The Labute approximate surface area is 389 Å². The van der Waals surface area contributed by atoms with E-state index < -0.39 is 20.0 Å². The number of unbranched alkanes of at least 4 members (excludes halogenated alkanes) is 18. The van der Waals surface area contributed by atoms with Crippen molar-refractivity contribution in [2.45, 2.75) is 168 Å². The molecule has 4 aromatic rings. The Morgan fingerprint density at radius 3 is 1.63 bits per heavy atom. The van der Waals surface area contributed by atoms with Crippen molar-refractivity contribution < 1.29 is 31.8 Å². The zero-order valence-electron chi connectivity index (χ0n) is 39.8. The first-order valence-electron chi connectivity index (χ1n) is 24.0. The molecule has 14 heteroatoms. The molecule has 0 unspecified atom stereocenters. The summed E-state index contributed by atoms with van der Waals surface area (Å²) in [7, 11) is -8.08. The predicted octanol–water partition coefficient (Wildman–Crippen LogP) is 14.0. The Bertz CT molecular complexity index is 2400. The average Bonchev–Trinajstić information content (AvgIpc) is 3.27. The number of phenolic OH excluding ortho intramolecular Hbond substituents is 2. The van der Waals surface area contributed by atoms with Crippen molar-refractivity contribution in [3.63, 3.8) is 0 Å². The number of anilines is 2. The van der Waals surface area contributed by atoms with Crippen LogP contribution in [-0.4, -0.2) is 57.2 Å². The SMILES string of the molecule is CCCCCCCCCCCCN(CCCCCCCCCCCC)C(=O)c1c(C)c(NS(=O)(=O)c2ccccc2N=Nc2ccc(O)c3cccc(NS(C)(=O)=O)c23)c(C)c(C)c1O. The lowest BCUT2D eigenvalue weighted by molar-refractivity contribution is 0.0745. The van der Waals surface area contributed by atoms with Gasteiger partial charge in [0.1, 0.15) is 22.1 Å². The summed E-state index contributed by atoms with van der Waals surface area (Å²) in [4.78, 5) is 16.3. The van der Waals surface area contributed by atoms with Crippen LogP contribution in [0.2, 0.25) is 0 Å². The van der Waals surface area contributed by atoms with Crippen molar-refractivity contribution >= 4 is 59.5 Å². The summed E-state index contributed by atoms with van der Waals surface area (Å²) >= 11 is 0. The van der Waals surface area contributed by atoms with Gasteiger partial charge in [-0.3, -0.25) is 14.2 Å². The Morgan fingerprint density at radius 2 is 1.09 bits per heavy atom. The van der Waals surface area contributed by atoms with Crippen molar-refractivity contribution in [2.75, 3.05) is 28.8 Å². The lowest BCUT2D eigenvalue weighted by Crippen LogP contribution is -2.34. The maximum absolute atomic E-state index is 14.6. The normalized spacial score (nSPS) is 12.0. The van der Waals surface area contributed by atoms with Gasteiger partial charge < -0.3 is 15.1 Å². The van der Waals surface area contributed by atoms with Crippen LogP contribution in [0.25, 0.3) is 10.8 Å². The van der Waals surface area contributed by atoms with Gasteiger partial charge >= 0.3 is 0 Å². The van der Waals surface area contributed by atoms with E-state index in [-0.39, 0.29) is 56.0 Å². The first-order valence-corrected chi connectivity index (χ1v) is 27.4. The fourth-order valence-corrected chi connectivity index (χ4v) is 10.3. The standard InChI is InChI=1S/C51H75N5O7S2/c1-7-9-11-13-15-17-19-21-23-27-36-56(37-28-24-22-20-18-16-14-12-10-8-2)51(59)47-40(5)49(38(3)39(4)50(47)58)55-65(62,63)46-33-26-25-31-42(46)52-53-43-34-35-45(57)41-30-29-32-44(48(41)43)54-64(6,60)61/h25-26,29-35,54-55,57-58H,7-24,27-28,36-37H2,1-6H3. The van der Waals surface area contributed by atoms with Gasteiger partial charge in [-0.25, -0.2) is 16.8 Å². The Hall–Kier alpha value is -4.69. The minimum absolute atomic E-state index is 0.00366. The third kappa shape index (κ3) is 16.0. The molecule has 65 heavy (non-hydrogen) atoms. The second kappa shape index (κ2) is 26.5. The van der Waals surface area contributed by atoms with Gasteiger partial charge in [-0.15, -0.1) is 10.2 Å². The minimum atomic E-state index is -4.37. The molecule has 0 fully saturated rings. The zero-order valence-corrected chi connectivity index (χ0v) is 41.5. The van der Waals surface area contributed by atoms with Crippen LogP contribution in [-0.2, 0) is 20.0 Å². The molecule has 0 aromatic heterocycles. The molecule has 1 amide bonds. The van der Waals surface area contributed by atoms with Gasteiger partial charge in [-0.1, -0.05) is 154 Å². The highest BCUT2D eigenvalue weighted by Crippen LogP contribution is 2.41. The number of phenols is 2. The van der Waals surface area contributed by atoms with Crippen molar-refractivity contribution in [2.24, 2.45) is 10.2 Å². The van der Waals surface area contributed by atoms with Crippen LogP contribution in [0, 0.1) is 20.8 Å². The van der Waals surface area contributed by atoms with Crippen LogP contribution in [0.15, 0.2) is 69.7 Å². The van der Waals surface area contributed by atoms with E-state index in [0.29, 0.717) is 35.2 Å². The number of carbonyl (C=O) groups excluding carboxylic acids is 1. The number of nitrogens with zero attached hydrogens (tertiary/aromatic N) is 3. The fraction of sp³-hybridized carbons (Fsp3) is 0.549. The number of hydrogen-bond acceptors (Lipinski definition) is 9. The zero-order chi connectivity index (χ0) is 47.4. The van der Waals surface area contributed by atoms with Gasteiger partial charge in [0.25, 0.3) is 15.9 Å². The number of sulfonamides is 2. The summed E-state index contributed by atoms with van der Waals surface area (Å²) in [6.45, 7) is 10.6. The van der Waals surface area contributed by atoms with Crippen molar-refractivity contribution in [3.8, 4) is 11.5 Å². The van der Waals surface area contributed by atoms with E-state index in [0.717, 1.165) is 44.8 Å². The maximum atomic E-state index is 14.6. The molecule has 4 aromatic carbocycles. The highest BCUT2D eigenvalue weighted by molar-refractivity contribution is 7.93. The Kier molecular flexibility index (Phi) is 21.5. The molecule has 0 aliphatic carbocycles. The molecule has 0 aliphatic heterocycles. The summed E-state index contributed by atoms with van der Waals surface area (Å²) in [5.74, 6) is -0.559. The molecule has 0 aliphatic rings. The number of carbonyl (C=O) groups is 1. The summed E-state index contributed by atoms with van der Waals surface area (Å²) in [6, 6.07) is 13.7. The van der Waals surface area contributed by atoms with E-state index in [4.69, 9.17) is 0 Å². The number of aromatic hydroxyl groups is 2. The molecule has 0 saturated carbocycles. The topological polar surface area (TPSA) is 178 Å². The highest BCUT2D eigenvalue weighted by Gasteiger charge is 2.29. The monoisotopic (exact) mass is 934 g/mol. The molecule has 0 radical (unpaired) electrons. The van der Waals surface area contributed by atoms with Crippen LogP contribution in [0.1, 0.15) is 169 Å². The molecule has 358 valence electrons. The Balaban J connectivity index is 1.58. The molecule has 0 heterocycles. The van der Waals surface area contributed by atoms with E-state index >= 15 is 0 Å². The number of benzene rings is 4. The first-order chi connectivity index (χ1) is 31.1. The number of azo groups is 1. The summed E-state index contributed by atoms with van der Waals surface area (Å²) in [6.07, 6.45) is 24.6. The molecule has 0 atom stereocenters. The Morgan fingerprint density at radius 1 is 0.585 bits per heavy atom. The van der Waals surface area contributed by atoms with Crippen molar-refractivity contribution in [1.82, 2.24) is 4.90 Å². The smallest absolute Gasteiger partial charge is 0.264 e. The molecule has 12 nitrogen and oxygen atoms in total. The quantitative estimate of drug-likeness (QED) is 0.0228. The van der Waals surface area contributed by atoms with Crippen LogP contribution in [0.3, 0.4) is 0 Å². The van der Waals surface area contributed by atoms with E-state index in [2.05, 4.69) is 33.5 Å². The van der Waals surface area contributed by atoms with Crippen molar-refractivity contribution in [3.05, 3.63) is 76.9 Å². The summed E-state index contributed by atoms with van der Waals surface area (Å²) in [5, 5.41) is 31.5. The van der Waals surface area contributed by atoms with Gasteiger partial charge in [-0.05, 0) is 80.6 Å². The largest absolute Gasteiger partial charge is 0.507 e. The number of amides is 1. The molecular formula is C51H75N5O7S2. The summed E-state index contributed by atoms with van der Waals surface area (Å²) in [5.41, 5.74) is 1.87. The maximum Gasteiger partial charge on any atom is 0.264 e. The third-order valence-electron chi connectivity index (χ3n) is 12.3. The van der Waals surface area contributed by atoms with Crippen LogP contribution >= 0.6 is 0 Å². The van der Waals surface area contributed by atoms with Gasteiger partial charge in [0.05, 0.1) is 28.9 Å². The highest BCUT2D eigenvalue weighted by atomic mass is 32.2. The van der Waals surface area contributed by atoms with Gasteiger partial charge in [0.15, 0.2) is 0 Å². The van der Waals surface area contributed by atoms with Crippen LogP contribution in [0.5, 0.6) is 11.5 Å². The molecule has 0 spiro atoms. The van der Waals surface area contributed by atoms with Crippen molar-refractivity contribution in [1.29, 1.82) is 0 Å². The lowest BCUT2D eigenvalue weighted by atomic mass is 9.95. The number of nitrogens with one attached hydrogen (secondary N) is 2. The molecule has 4 N–H and O–H groups in total. The second-order valence-electron chi connectivity index (χ2n) is 17.6. The van der Waals surface area contributed by atoms with Crippen LogP contribution < -0.4 is 9.44 Å². The average molecular weight is 934 g/mol. The van der Waals surface area contributed by atoms with Gasteiger partial charge in [-0.2, -0.15) is 0 Å². The third-order valence-corrected chi connectivity index (χ3v) is 14.3. The molecular weight excluding hydrogens is 859 g/mol. The van der Waals surface area contributed by atoms with Gasteiger partial charge in [0, 0.05) is 23.9 Å². The van der Waals surface area contributed by atoms with E-state index in [1.165, 1.54) is 120 Å². The minimum Gasteiger partial charge on any atom is -0.507 e. The van der Waals surface area contributed by atoms with Gasteiger partial charge in [0.2, 0.25) is 10.0 Å².